The van der Waals surface area contributed by atoms with E-state index in [1.54, 1.807) is 12.1 Å². The minimum absolute atomic E-state index is 0.0472. The Morgan fingerprint density at radius 3 is 2.32 bits per heavy atom. The van der Waals surface area contributed by atoms with E-state index in [0.717, 1.165) is 31.2 Å². The molecule has 1 saturated carbocycles. The molecule has 1 fully saturated rings. The summed E-state index contributed by atoms with van der Waals surface area (Å²) in [5, 5.41) is 7.73. The van der Waals surface area contributed by atoms with Crippen molar-refractivity contribution in [1.82, 2.24) is 5.32 Å². The van der Waals surface area contributed by atoms with Crippen LogP contribution in [-0.2, 0) is 21.3 Å². The lowest BCUT2D eigenvalue weighted by Crippen LogP contribution is -2.24. The highest BCUT2D eigenvalue weighted by molar-refractivity contribution is 7.89. The first-order chi connectivity index (χ1) is 11.9. The molecule has 0 radical (unpaired) electrons. The first-order valence-electron chi connectivity index (χ1n) is 8.43. The zero-order valence-corrected chi connectivity index (χ0v) is 14.7. The number of carbonyl (C=O) groups excluding carboxylic acids is 1. The summed E-state index contributed by atoms with van der Waals surface area (Å²) in [6, 6.07) is 6.06. The van der Waals surface area contributed by atoms with Crippen molar-refractivity contribution >= 4 is 16.1 Å². The second-order valence-corrected chi connectivity index (χ2v) is 8.12. The van der Waals surface area contributed by atoms with Crippen LogP contribution in [0.1, 0.15) is 31.2 Å². The molecule has 25 heavy (non-hydrogen) atoms. The second-order valence-electron chi connectivity index (χ2n) is 6.56. The molecule has 0 aromatic heterocycles. The third-order valence-electron chi connectivity index (χ3n) is 4.93. The quantitative estimate of drug-likeness (QED) is 0.783. The van der Waals surface area contributed by atoms with Crippen molar-refractivity contribution in [2.24, 2.45) is 22.9 Å². The summed E-state index contributed by atoms with van der Waals surface area (Å²) in [6.45, 7) is 0.723. The molecule has 1 amide bonds. The zero-order chi connectivity index (χ0) is 17.9. The highest BCUT2D eigenvalue weighted by Crippen LogP contribution is 2.52. The SMILES string of the molecule is NS(=O)(=O)c1ccc(CNC(=O)OCC2[C@H]3CCC#CCC[C@@H]23)cc1. The molecule has 3 atom stereocenters. The topological polar surface area (TPSA) is 98.5 Å². The number of primary sulfonamides is 1. The van der Waals surface area contributed by atoms with Gasteiger partial charge in [0.2, 0.25) is 10.0 Å². The normalized spacial score (nSPS) is 24.8. The average Bonchev–Trinajstić information content (AvgIpc) is 3.20. The van der Waals surface area contributed by atoms with E-state index in [1.165, 1.54) is 12.1 Å². The molecule has 3 rings (SSSR count). The van der Waals surface area contributed by atoms with E-state index in [9.17, 15) is 13.2 Å². The molecule has 134 valence electrons. The van der Waals surface area contributed by atoms with Crippen LogP contribution < -0.4 is 10.5 Å². The number of sulfonamides is 1. The van der Waals surface area contributed by atoms with Gasteiger partial charge in [0.05, 0.1) is 11.5 Å². The van der Waals surface area contributed by atoms with E-state index in [-0.39, 0.29) is 11.4 Å². The molecule has 0 heterocycles. The lowest BCUT2D eigenvalue weighted by Gasteiger charge is -2.07. The third kappa shape index (κ3) is 4.74. The maximum Gasteiger partial charge on any atom is 0.407 e. The van der Waals surface area contributed by atoms with E-state index in [2.05, 4.69) is 17.2 Å². The molecule has 0 saturated heterocycles. The van der Waals surface area contributed by atoms with Gasteiger partial charge < -0.3 is 10.1 Å². The lowest BCUT2D eigenvalue weighted by atomic mass is 10.1. The van der Waals surface area contributed by atoms with Gasteiger partial charge in [-0.25, -0.2) is 18.4 Å². The molecule has 0 spiro atoms. The van der Waals surface area contributed by atoms with Crippen molar-refractivity contribution in [1.29, 1.82) is 0 Å². The van der Waals surface area contributed by atoms with Gasteiger partial charge in [0.15, 0.2) is 0 Å². The number of amides is 1. The van der Waals surface area contributed by atoms with Crippen LogP contribution in [-0.4, -0.2) is 21.1 Å². The zero-order valence-electron chi connectivity index (χ0n) is 13.9. The molecule has 7 heteroatoms. The molecule has 0 bridgehead atoms. The van der Waals surface area contributed by atoms with Gasteiger partial charge in [0.1, 0.15) is 0 Å². The van der Waals surface area contributed by atoms with Crippen molar-refractivity contribution < 1.29 is 17.9 Å². The van der Waals surface area contributed by atoms with E-state index >= 15 is 0 Å². The number of nitrogens with two attached hydrogens (primary N) is 1. The van der Waals surface area contributed by atoms with Crippen LogP contribution in [0.4, 0.5) is 4.79 Å². The van der Waals surface area contributed by atoms with E-state index < -0.39 is 16.1 Å². The summed E-state index contributed by atoms with van der Waals surface area (Å²) < 4.78 is 27.7. The van der Waals surface area contributed by atoms with E-state index in [0.29, 0.717) is 24.4 Å². The smallest absolute Gasteiger partial charge is 0.407 e. The Kier molecular flexibility index (Phi) is 5.30. The third-order valence-corrected chi connectivity index (χ3v) is 5.86. The Balaban J connectivity index is 1.40. The van der Waals surface area contributed by atoms with Gasteiger partial charge in [-0.05, 0) is 48.3 Å². The van der Waals surface area contributed by atoms with Crippen molar-refractivity contribution in [3.05, 3.63) is 29.8 Å². The summed E-state index contributed by atoms with van der Waals surface area (Å²) in [5.74, 6) is 8.08. The largest absolute Gasteiger partial charge is 0.449 e. The second kappa shape index (κ2) is 7.46. The van der Waals surface area contributed by atoms with Gasteiger partial charge in [-0.2, -0.15) is 0 Å². The number of ether oxygens (including phenoxy) is 1. The molecule has 2 aliphatic rings. The van der Waals surface area contributed by atoms with Gasteiger partial charge in [-0.3, -0.25) is 0 Å². The number of alkyl carbamates (subject to hydrolysis) is 1. The summed E-state index contributed by atoms with van der Waals surface area (Å²) in [4.78, 5) is 11.9. The van der Waals surface area contributed by atoms with Crippen LogP contribution in [0.15, 0.2) is 29.2 Å². The molecule has 3 N–H and O–H groups in total. The van der Waals surface area contributed by atoms with Gasteiger partial charge in [0.25, 0.3) is 0 Å². The Morgan fingerprint density at radius 1 is 1.16 bits per heavy atom. The molecule has 6 nitrogen and oxygen atoms in total. The average molecular weight is 362 g/mol. The molecule has 1 aromatic carbocycles. The standard InChI is InChI=1S/C18H22N2O4S/c19-25(22,23)14-9-7-13(8-10-14)11-20-18(21)24-12-17-15-5-3-1-2-4-6-16(15)17/h7-10,15-17H,3-6,11-12H2,(H,20,21)(H2,19,22,23)/t15-,16+,17?. The van der Waals surface area contributed by atoms with Crippen molar-refractivity contribution in [2.75, 3.05) is 6.61 Å². The van der Waals surface area contributed by atoms with Crippen LogP contribution in [0, 0.1) is 29.6 Å². The number of nitrogens with one attached hydrogen (secondary N) is 1. The highest BCUT2D eigenvalue weighted by atomic mass is 32.2. The summed E-state index contributed by atoms with van der Waals surface area (Å²) in [7, 11) is -3.70. The Hall–Kier alpha value is -2.04. The summed E-state index contributed by atoms with van der Waals surface area (Å²) in [5.41, 5.74) is 0.773. The number of benzene rings is 1. The fraction of sp³-hybridized carbons (Fsp3) is 0.500. The number of hydrogen-bond donors (Lipinski definition) is 2. The predicted octanol–water partition coefficient (Wildman–Crippen LogP) is 2.00. The Bertz CT molecular complexity index is 775. The maximum absolute atomic E-state index is 11.8. The van der Waals surface area contributed by atoms with Gasteiger partial charge in [0, 0.05) is 19.4 Å². The van der Waals surface area contributed by atoms with Crippen LogP contribution in [0.2, 0.25) is 0 Å². The number of rotatable bonds is 5. The molecule has 2 aliphatic carbocycles. The number of carbonyl (C=O) groups is 1. The highest BCUT2D eigenvalue weighted by Gasteiger charge is 2.49. The first-order valence-corrected chi connectivity index (χ1v) is 9.98. The van der Waals surface area contributed by atoms with Crippen LogP contribution in [0.5, 0.6) is 0 Å². The van der Waals surface area contributed by atoms with E-state index in [4.69, 9.17) is 9.88 Å². The maximum atomic E-state index is 11.8. The molecule has 1 aromatic rings. The number of fused-ring (bicyclic) bond motifs is 1. The minimum Gasteiger partial charge on any atom is -0.449 e. The lowest BCUT2D eigenvalue weighted by molar-refractivity contribution is 0.137. The predicted molar refractivity (Wildman–Crippen MR) is 92.7 cm³/mol. The Labute approximate surface area is 148 Å². The van der Waals surface area contributed by atoms with Crippen LogP contribution in [0.3, 0.4) is 0 Å². The molecule has 0 aliphatic heterocycles. The molecule has 1 unspecified atom stereocenters. The van der Waals surface area contributed by atoms with Gasteiger partial charge >= 0.3 is 6.09 Å². The van der Waals surface area contributed by atoms with Gasteiger partial charge in [-0.15, -0.1) is 11.8 Å². The fourth-order valence-electron chi connectivity index (χ4n) is 3.48. The summed E-state index contributed by atoms with van der Waals surface area (Å²) >= 11 is 0. The monoisotopic (exact) mass is 362 g/mol. The van der Waals surface area contributed by atoms with E-state index in [1.807, 2.05) is 0 Å². The number of hydrogen-bond acceptors (Lipinski definition) is 4. The minimum atomic E-state index is -3.70. The van der Waals surface area contributed by atoms with Crippen LogP contribution >= 0.6 is 0 Å². The van der Waals surface area contributed by atoms with Gasteiger partial charge in [-0.1, -0.05) is 12.1 Å². The fourth-order valence-corrected chi connectivity index (χ4v) is 3.99. The molecular weight excluding hydrogens is 340 g/mol. The van der Waals surface area contributed by atoms with Crippen molar-refractivity contribution in [3.8, 4) is 11.8 Å². The first kappa shape index (κ1) is 17.8. The molecular formula is C18H22N2O4S. The van der Waals surface area contributed by atoms with Crippen molar-refractivity contribution in [2.45, 2.75) is 37.1 Å². The summed E-state index contributed by atoms with van der Waals surface area (Å²) in [6.07, 6.45) is 3.63. The van der Waals surface area contributed by atoms with Crippen molar-refractivity contribution in [3.63, 3.8) is 0 Å². The Morgan fingerprint density at radius 2 is 1.76 bits per heavy atom. The van der Waals surface area contributed by atoms with Crippen LogP contribution in [0.25, 0.3) is 0 Å².